The van der Waals surface area contributed by atoms with Gasteiger partial charge in [0.25, 0.3) is 0 Å². The quantitative estimate of drug-likeness (QED) is 0.506. The summed E-state index contributed by atoms with van der Waals surface area (Å²) in [4.78, 5) is 11.0. The minimum Gasteiger partial charge on any atom is -0.441 e. The Hall–Kier alpha value is -0.890. The molecule has 2 rings (SSSR count). The zero-order valence-corrected chi connectivity index (χ0v) is 8.12. The number of alkyl carbamates (subject to hydrolysis) is 1. The van der Waals surface area contributed by atoms with Crippen molar-refractivity contribution in [3.05, 3.63) is 0 Å². The van der Waals surface area contributed by atoms with Crippen molar-refractivity contribution in [2.45, 2.75) is 30.6 Å². The Labute approximate surface area is 85.9 Å². The summed E-state index contributed by atoms with van der Waals surface area (Å²) in [5, 5.41) is 21.2. The summed E-state index contributed by atoms with van der Waals surface area (Å²) in [6.45, 7) is -0.303. The topological polar surface area (TPSA) is 97.3 Å². The van der Waals surface area contributed by atoms with E-state index in [4.69, 9.17) is 19.3 Å². The van der Waals surface area contributed by atoms with Gasteiger partial charge in [-0.25, -0.2) is 4.79 Å². The zero-order valence-electron chi connectivity index (χ0n) is 8.12. The molecular formula is C8H13NO6. The molecule has 0 radical (unpaired) electrons. The first kappa shape index (κ1) is 10.6. The van der Waals surface area contributed by atoms with Crippen LogP contribution in [0, 0.1) is 0 Å². The molecule has 5 atom stereocenters. The summed E-state index contributed by atoms with van der Waals surface area (Å²) < 4.78 is 15.0. The predicted octanol–water partition coefficient (Wildman–Crippen LogP) is -1.81. The van der Waals surface area contributed by atoms with Crippen molar-refractivity contribution in [2.75, 3.05) is 13.7 Å². The van der Waals surface area contributed by atoms with E-state index < -0.39 is 36.7 Å². The highest BCUT2D eigenvalue weighted by molar-refractivity contribution is 5.70. The van der Waals surface area contributed by atoms with Crippen LogP contribution >= 0.6 is 0 Å². The second-order valence-corrected chi connectivity index (χ2v) is 3.49. The Morgan fingerprint density at radius 3 is 2.93 bits per heavy atom. The van der Waals surface area contributed by atoms with Crippen molar-refractivity contribution >= 4 is 6.09 Å². The van der Waals surface area contributed by atoms with Crippen LogP contribution in [0.25, 0.3) is 0 Å². The zero-order chi connectivity index (χ0) is 11.0. The number of fused-ring (bicyclic) bond motifs is 1. The number of hydrogen-bond acceptors (Lipinski definition) is 6. The number of nitrogens with one attached hydrogen (secondary N) is 1. The number of amides is 1. The van der Waals surface area contributed by atoms with Crippen LogP contribution in [0.3, 0.4) is 0 Å². The van der Waals surface area contributed by atoms with Crippen LogP contribution in [0.15, 0.2) is 0 Å². The SMILES string of the molecule is CO[C@@H]1O[C@@H](CO)[C@H]2OC(=O)N[C@@H]2[C@@H]1O. The number of methoxy groups -OCH3 is 1. The Bertz CT molecular complexity index is 260. The molecule has 2 aliphatic heterocycles. The summed E-state index contributed by atoms with van der Waals surface area (Å²) >= 11 is 0. The van der Waals surface area contributed by atoms with Gasteiger partial charge in [-0.15, -0.1) is 0 Å². The van der Waals surface area contributed by atoms with Crippen molar-refractivity contribution in [2.24, 2.45) is 0 Å². The van der Waals surface area contributed by atoms with Gasteiger partial charge < -0.3 is 29.7 Å². The first-order valence-electron chi connectivity index (χ1n) is 4.61. The average Bonchev–Trinajstić information content (AvgIpc) is 2.61. The van der Waals surface area contributed by atoms with Gasteiger partial charge in [0.2, 0.25) is 0 Å². The van der Waals surface area contributed by atoms with Crippen molar-refractivity contribution < 1.29 is 29.2 Å². The lowest BCUT2D eigenvalue weighted by atomic mass is 9.97. The van der Waals surface area contributed by atoms with Crippen LogP contribution in [-0.4, -0.2) is 60.7 Å². The number of ether oxygens (including phenoxy) is 3. The first-order chi connectivity index (χ1) is 7.17. The third-order valence-corrected chi connectivity index (χ3v) is 2.62. The molecule has 0 bridgehead atoms. The summed E-state index contributed by atoms with van der Waals surface area (Å²) in [5.41, 5.74) is 0. The van der Waals surface area contributed by atoms with E-state index in [1.807, 2.05) is 0 Å². The standard InChI is InChI=1S/C8H13NO6/c1-13-7-5(11)4-6(3(2-10)14-7)15-8(12)9-4/h3-7,10-11H,2H2,1H3,(H,9,12)/t3-,4+,5-,6+,7+/m0/s1. The van der Waals surface area contributed by atoms with Crippen molar-refractivity contribution in [3.8, 4) is 0 Å². The molecule has 2 aliphatic rings. The molecule has 0 spiro atoms. The van der Waals surface area contributed by atoms with E-state index in [2.05, 4.69) is 5.32 Å². The number of hydrogen-bond donors (Lipinski definition) is 3. The fraction of sp³-hybridized carbons (Fsp3) is 0.875. The van der Waals surface area contributed by atoms with Crippen LogP contribution < -0.4 is 5.32 Å². The summed E-state index contributed by atoms with van der Waals surface area (Å²) in [5.74, 6) is 0. The lowest BCUT2D eigenvalue weighted by Gasteiger charge is -2.38. The van der Waals surface area contributed by atoms with Crippen LogP contribution in [0.2, 0.25) is 0 Å². The summed E-state index contributed by atoms with van der Waals surface area (Å²) in [6, 6.07) is -0.603. The van der Waals surface area contributed by atoms with E-state index in [1.165, 1.54) is 7.11 Å². The molecular weight excluding hydrogens is 206 g/mol. The molecule has 0 unspecified atom stereocenters. The van der Waals surface area contributed by atoms with Gasteiger partial charge in [0.15, 0.2) is 12.4 Å². The van der Waals surface area contributed by atoms with Gasteiger partial charge in [-0.05, 0) is 0 Å². The summed E-state index contributed by atoms with van der Waals surface area (Å²) in [7, 11) is 1.38. The van der Waals surface area contributed by atoms with Crippen LogP contribution in [0.1, 0.15) is 0 Å². The molecule has 2 saturated heterocycles. The fourth-order valence-electron chi connectivity index (χ4n) is 1.88. The summed E-state index contributed by atoms with van der Waals surface area (Å²) in [6.07, 6.45) is -3.85. The second kappa shape index (κ2) is 3.93. The lowest BCUT2D eigenvalue weighted by Crippen LogP contribution is -2.60. The first-order valence-corrected chi connectivity index (χ1v) is 4.61. The second-order valence-electron chi connectivity index (χ2n) is 3.49. The predicted molar refractivity (Wildman–Crippen MR) is 46.0 cm³/mol. The number of aliphatic hydroxyl groups is 2. The Morgan fingerprint density at radius 1 is 1.60 bits per heavy atom. The van der Waals surface area contributed by atoms with Gasteiger partial charge in [-0.3, -0.25) is 0 Å². The molecule has 1 amide bonds. The van der Waals surface area contributed by atoms with Gasteiger partial charge >= 0.3 is 6.09 Å². The molecule has 0 aromatic carbocycles. The van der Waals surface area contributed by atoms with Crippen LogP contribution in [0.4, 0.5) is 4.79 Å². The van der Waals surface area contributed by atoms with Crippen LogP contribution in [-0.2, 0) is 14.2 Å². The molecule has 0 aromatic rings. The maximum absolute atomic E-state index is 11.0. The van der Waals surface area contributed by atoms with E-state index in [0.29, 0.717) is 0 Å². The molecule has 0 aliphatic carbocycles. The normalized spacial score (nSPS) is 44.5. The van der Waals surface area contributed by atoms with Crippen molar-refractivity contribution in [3.63, 3.8) is 0 Å². The lowest BCUT2D eigenvalue weighted by molar-refractivity contribution is -0.261. The van der Waals surface area contributed by atoms with Gasteiger partial charge in [0.05, 0.1) is 6.61 Å². The molecule has 2 fully saturated rings. The maximum Gasteiger partial charge on any atom is 0.408 e. The third-order valence-electron chi connectivity index (χ3n) is 2.62. The molecule has 3 N–H and O–H groups in total. The molecule has 2 heterocycles. The van der Waals surface area contributed by atoms with E-state index in [0.717, 1.165) is 0 Å². The largest absolute Gasteiger partial charge is 0.441 e. The van der Waals surface area contributed by atoms with E-state index >= 15 is 0 Å². The monoisotopic (exact) mass is 219 g/mol. The molecule has 7 heteroatoms. The van der Waals surface area contributed by atoms with Gasteiger partial charge in [-0.1, -0.05) is 0 Å². The highest BCUT2D eigenvalue weighted by Gasteiger charge is 2.51. The highest BCUT2D eigenvalue weighted by atomic mass is 16.7. The fourth-order valence-corrected chi connectivity index (χ4v) is 1.88. The minimum atomic E-state index is -1.01. The van der Waals surface area contributed by atoms with E-state index in [9.17, 15) is 9.90 Å². The number of carbonyl (C=O) groups is 1. The number of carbonyl (C=O) groups excluding carboxylic acids is 1. The Kier molecular flexibility index (Phi) is 2.79. The average molecular weight is 219 g/mol. The molecule has 0 aromatic heterocycles. The minimum absolute atomic E-state index is 0.303. The molecule has 15 heavy (non-hydrogen) atoms. The smallest absolute Gasteiger partial charge is 0.408 e. The molecule has 7 nitrogen and oxygen atoms in total. The third kappa shape index (κ3) is 1.67. The number of aliphatic hydroxyl groups excluding tert-OH is 2. The van der Waals surface area contributed by atoms with Gasteiger partial charge in [-0.2, -0.15) is 0 Å². The van der Waals surface area contributed by atoms with E-state index in [-0.39, 0.29) is 6.61 Å². The Balaban J connectivity index is 2.16. The molecule has 0 saturated carbocycles. The van der Waals surface area contributed by atoms with Crippen molar-refractivity contribution in [1.82, 2.24) is 5.32 Å². The number of rotatable bonds is 2. The van der Waals surface area contributed by atoms with E-state index in [1.54, 1.807) is 0 Å². The Morgan fingerprint density at radius 2 is 2.33 bits per heavy atom. The highest BCUT2D eigenvalue weighted by Crippen LogP contribution is 2.27. The van der Waals surface area contributed by atoms with Gasteiger partial charge in [0.1, 0.15) is 18.2 Å². The maximum atomic E-state index is 11.0. The van der Waals surface area contributed by atoms with Crippen LogP contribution in [0.5, 0.6) is 0 Å². The van der Waals surface area contributed by atoms with Crippen molar-refractivity contribution in [1.29, 1.82) is 0 Å². The van der Waals surface area contributed by atoms with Gasteiger partial charge in [0, 0.05) is 7.11 Å². The molecule has 86 valence electrons.